The van der Waals surface area contributed by atoms with Crippen molar-refractivity contribution in [2.75, 3.05) is 26.9 Å². The molecule has 0 saturated heterocycles. The number of nitrogens with zero attached hydrogens (tertiary/aromatic N) is 2. The lowest BCUT2D eigenvalue weighted by Gasteiger charge is -2.27. The third kappa shape index (κ3) is 5.28. The number of ether oxygens (including phenoxy) is 2. The quantitative estimate of drug-likeness (QED) is 0.493. The number of nitrogens with one attached hydrogen (secondary N) is 1. The van der Waals surface area contributed by atoms with Crippen LogP contribution in [-0.4, -0.2) is 36.8 Å². The molecule has 2 aliphatic heterocycles. The lowest BCUT2D eigenvalue weighted by molar-refractivity contribution is 0.174. The van der Waals surface area contributed by atoms with Crippen LogP contribution in [0.2, 0.25) is 0 Å². The molecular weight excluding hydrogens is 398 g/mol. The first kappa shape index (κ1) is 22.7. The number of likely N-dealkylation sites (N-methyl/N-ethyl adjacent to an activating group) is 1. The minimum atomic E-state index is 0.265. The smallest absolute Gasteiger partial charge is 0.231 e. The zero-order valence-electron chi connectivity index (χ0n) is 19.8. The Hall–Kier alpha value is -2.50. The maximum absolute atomic E-state index is 5.61. The molecule has 0 aromatic heterocycles. The predicted molar refractivity (Wildman–Crippen MR) is 129 cm³/mol. The molecule has 0 spiro atoms. The van der Waals surface area contributed by atoms with Crippen molar-refractivity contribution in [3.05, 3.63) is 70.9 Å². The molecule has 32 heavy (non-hydrogen) atoms. The van der Waals surface area contributed by atoms with E-state index in [1.807, 2.05) is 6.07 Å². The molecular formula is C27H37N3O2. The van der Waals surface area contributed by atoms with E-state index in [-0.39, 0.29) is 6.04 Å². The second-order valence-corrected chi connectivity index (χ2v) is 8.86. The molecule has 2 aliphatic rings. The number of hydrazine groups is 1. The van der Waals surface area contributed by atoms with Crippen LogP contribution in [0, 0.1) is 0 Å². The Morgan fingerprint density at radius 1 is 0.969 bits per heavy atom. The number of rotatable bonds is 11. The van der Waals surface area contributed by atoms with E-state index in [9.17, 15) is 0 Å². The molecule has 2 heterocycles. The molecule has 0 bridgehead atoms. The van der Waals surface area contributed by atoms with Gasteiger partial charge in [-0.2, -0.15) is 0 Å². The van der Waals surface area contributed by atoms with Crippen molar-refractivity contribution < 1.29 is 9.47 Å². The van der Waals surface area contributed by atoms with E-state index in [0.717, 1.165) is 37.6 Å². The number of unbranched alkanes of at least 4 members (excludes halogenated alkanes) is 2. The standard InChI is InChI=1S/C27H37N3O2/c1-4-6-13-23-24(29(3)28-27(23)22-11-9-8-10-12-22)19-30(16-7-5-2)18-21-14-15-25-26(17-21)32-20-31-25/h8-12,14-15,17,27-28H,4-7,13,16,18-20H2,1-3H3. The Kier molecular flexibility index (Phi) is 7.72. The van der Waals surface area contributed by atoms with E-state index in [1.165, 1.54) is 48.1 Å². The SMILES string of the molecule is CCCCC1=C(CN(CCCC)Cc2ccc3c(c2)OCO3)N(C)NC1c1ccccc1. The van der Waals surface area contributed by atoms with E-state index in [0.29, 0.717) is 6.79 Å². The Morgan fingerprint density at radius 3 is 2.53 bits per heavy atom. The largest absolute Gasteiger partial charge is 0.454 e. The van der Waals surface area contributed by atoms with Gasteiger partial charge >= 0.3 is 0 Å². The van der Waals surface area contributed by atoms with E-state index >= 15 is 0 Å². The highest BCUT2D eigenvalue weighted by molar-refractivity contribution is 5.44. The molecule has 0 amide bonds. The highest BCUT2D eigenvalue weighted by atomic mass is 16.7. The predicted octanol–water partition coefficient (Wildman–Crippen LogP) is 5.65. The molecule has 5 nitrogen and oxygen atoms in total. The fraction of sp³-hybridized carbons (Fsp3) is 0.481. The molecule has 1 atom stereocenters. The second kappa shape index (κ2) is 10.9. The molecule has 2 aromatic rings. The number of hydrogen-bond acceptors (Lipinski definition) is 5. The Morgan fingerprint density at radius 2 is 1.75 bits per heavy atom. The number of fused-ring (bicyclic) bond motifs is 1. The van der Waals surface area contributed by atoms with Gasteiger partial charge in [-0.15, -0.1) is 0 Å². The highest BCUT2D eigenvalue weighted by Gasteiger charge is 2.30. The van der Waals surface area contributed by atoms with Crippen molar-refractivity contribution in [1.29, 1.82) is 0 Å². The van der Waals surface area contributed by atoms with E-state index in [4.69, 9.17) is 9.47 Å². The van der Waals surface area contributed by atoms with Gasteiger partial charge in [0.15, 0.2) is 11.5 Å². The van der Waals surface area contributed by atoms with Gasteiger partial charge in [0.1, 0.15) is 0 Å². The van der Waals surface area contributed by atoms with Gasteiger partial charge in [0, 0.05) is 25.8 Å². The van der Waals surface area contributed by atoms with Gasteiger partial charge in [0.05, 0.1) is 6.04 Å². The highest BCUT2D eigenvalue weighted by Crippen LogP contribution is 2.36. The summed E-state index contributed by atoms with van der Waals surface area (Å²) in [6.07, 6.45) is 5.95. The van der Waals surface area contributed by atoms with Crippen LogP contribution in [0.5, 0.6) is 11.5 Å². The Balaban J connectivity index is 1.57. The van der Waals surface area contributed by atoms with Crippen LogP contribution in [0.1, 0.15) is 63.1 Å². The summed E-state index contributed by atoms with van der Waals surface area (Å²) in [6, 6.07) is 17.5. The summed E-state index contributed by atoms with van der Waals surface area (Å²) in [5.74, 6) is 1.72. The van der Waals surface area contributed by atoms with Crippen molar-refractivity contribution >= 4 is 0 Å². The second-order valence-electron chi connectivity index (χ2n) is 8.86. The maximum Gasteiger partial charge on any atom is 0.231 e. The van der Waals surface area contributed by atoms with Crippen molar-refractivity contribution in [3.8, 4) is 11.5 Å². The fourth-order valence-electron chi connectivity index (χ4n) is 4.62. The minimum absolute atomic E-state index is 0.265. The van der Waals surface area contributed by atoms with Gasteiger partial charge < -0.3 is 14.5 Å². The molecule has 1 unspecified atom stereocenters. The zero-order valence-corrected chi connectivity index (χ0v) is 19.8. The minimum Gasteiger partial charge on any atom is -0.454 e. The fourth-order valence-corrected chi connectivity index (χ4v) is 4.62. The van der Waals surface area contributed by atoms with E-state index in [1.54, 1.807) is 0 Å². The van der Waals surface area contributed by atoms with E-state index in [2.05, 4.69) is 78.7 Å². The Labute approximate surface area is 193 Å². The third-order valence-electron chi connectivity index (χ3n) is 6.42. The first-order valence-corrected chi connectivity index (χ1v) is 12.1. The molecule has 4 rings (SSSR count). The van der Waals surface area contributed by atoms with Crippen LogP contribution >= 0.6 is 0 Å². The average molecular weight is 436 g/mol. The first-order chi connectivity index (χ1) is 15.7. The van der Waals surface area contributed by atoms with Gasteiger partial charge in [-0.25, -0.2) is 5.43 Å². The molecule has 0 radical (unpaired) electrons. The van der Waals surface area contributed by atoms with Gasteiger partial charge in [0.25, 0.3) is 0 Å². The van der Waals surface area contributed by atoms with E-state index < -0.39 is 0 Å². The number of benzene rings is 2. The van der Waals surface area contributed by atoms with Crippen molar-refractivity contribution in [2.45, 2.75) is 58.5 Å². The van der Waals surface area contributed by atoms with Crippen molar-refractivity contribution in [1.82, 2.24) is 15.3 Å². The summed E-state index contributed by atoms with van der Waals surface area (Å²) in [6.45, 7) is 7.80. The molecule has 1 N–H and O–H groups in total. The van der Waals surface area contributed by atoms with Crippen LogP contribution < -0.4 is 14.9 Å². The van der Waals surface area contributed by atoms with Crippen molar-refractivity contribution in [3.63, 3.8) is 0 Å². The normalized spacial score (nSPS) is 17.6. The Bertz CT molecular complexity index is 912. The van der Waals surface area contributed by atoms with Gasteiger partial charge in [0.2, 0.25) is 6.79 Å². The molecule has 5 heteroatoms. The lowest BCUT2D eigenvalue weighted by Crippen LogP contribution is -2.35. The zero-order chi connectivity index (χ0) is 22.3. The number of hydrogen-bond donors (Lipinski definition) is 1. The van der Waals surface area contributed by atoms with Crippen molar-refractivity contribution in [2.24, 2.45) is 0 Å². The van der Waals surface area contributed by atoms with Crippen LogP contribution in [-0.2, 0) is 6.54 Å². The molecule has 0 aliphatic carbocycles. The topological polar surface area (TPSA) is 37.0 Å². The van der Waals surface area contributed by atoms with Crippen LogP contribution in [0.25, 0.3) is 0 Å². The van der Waals surface area contributed by atoms with Crippen LogP contribution in [0.3, 0.4) is 0 Å². The van der Waals surface area contributed by atoms with Gasteiger partial charge in [-0.3, -0.25) is 4.90 Å². The summed E-state index contributed by atoms with van der Waals surface area (Å²) >= 11 is 0. The molecule has 0 saturated carbocycles. The summed E-state index contributed by atoms with van der Waals surface area (Å²) in [4.78, 5) is 2.58. The van der Waals surface area contributed by atoms with Crippen LogP contribution in [0.15, 0.2) is 59.8 Å². The van der Waals surface area contributed by atoms with Gasteiger partial charge in [-0.05, 0) is 54.6 Å². The maximum atomic E-state index is 5.61. The molecule has 0 fully saturated rings. The summed E-state index contributed by atoms with van der Waals surface area (Å²) in [7, 11) is 2.17. The molecule has 2 aromatic carbocycles. The first-order valence-electron chi connectivity index (χ1n) is 12.1. The third-order valence-corrected chi connectivity index (χ3v) is 6.42. The molecule has 172 valence electrons. The summed E-state index contributed by atoms with van der Waals surface area (Å²) in [5, 5.41) is 2.27. The summed E-state index contributed by atoms with van der Waals surface area (Å²) < 4.78 is 11.1. The monoisotopic (exact) mass is 435 g/mol. The van der Waals surface area contributed by atoms with Gasteiger partial charge in [-0.1, -0.05) is 63.1 Å². The summed E-state index contributed by atoms with van der Waals surface area (Å²) in [5.41, 5.74) is 9.31. The average Bonchev–Trinajstić information content (AvgIpc) is 3.40. The van der Waals surface area contributed by atoms with Crippen LogP contribution in [0.4, 0.5) is 0 Å². The lowest BCUT2D eigenvalue weighted by atomic mass is 9.94.